The maximum atomic E-state index is 12.3. The fourth-order valence-electron chi connectivity index (χ4n) is 2.60. The van der Waals surface area contributed by atoms with Crippen LogP contribution in [0, 0.1) is 18.3 Å². The third-order valence-electron chi connectivity index (χ3n) is 3.94. The Morgan fingerprint density at radius 3 is 2.76 bits per heavy atom. The van der Waals surface area contributed by atoms with Crippen molar-refractivity contribution in [2.24, 2.45) is 0 Å². The van der Waals surface area contributed by atoms with Crippen molar-refractivity contribution in [1.82, 2.24) is 20.6 Å². The van der Waals surface area contributed by atoms with Crippen LogP contribution in [0.2, 0.25) is 0 Å². The highest BCUT2D eigenvalue weighted by Gasteiger charge is 2.19. The minimum Gasteiger partial charge on any atom is -0.486 e. The molecule has 0 fully saturated rings. The Labute approximate surface area is 167 Å². The predicted molar refractivity (Wildman–Crippen MR) is 105 cm³/mol. The van der Waals surface area contributed by atoms with Crippen molar-refractivity contribution < 1.29 is 14.3 Å². The highest BCUT2D eigenvalue weighted by atomic mass is 16.5. The van der Waals surface area contributed by atoms with Gasteiger partial charge in [0.05, 0.1) is 12.8 Å². The lowest BCUT2D eigenvalue weighted by Crippen LogP contribution is -2.09. The molecule has 146 valence electrons. The van der Waals surface area contributed by atoms with E-state index in [1.165, 1.54) is 13.3 Å². The molecule has 3 rings (SSSR count). The number of anilines is 1. The minimum absolute atomic E-state index is 0.146. The Hall–Kier alpha value is -4.19. The van der Waals surface area contributed by atoms with Crippen LogP contribution in [0.25, 0.3) is 5.57 Å². The molecular formula is C20H18N6O3. The molecule has 0 atom stereocenters. The molecule has 0 unspecified atom stereocenters. The van der Waals surface area contributed by atoms with Gasteiger partial charge in [0.2, 0.25) is 5.82 Å². The molecule has 0 spiro atoms. The molecule has 9 nitrogen and oxygen atoms in total. The number of hydrogen-bond acceptors (Lipinski definition) is 8. The van der Waals surface area contributed by atoms with E-state index in [0.717, 1.165) is 11.1 Å². The van der Waals surface area contributed by atoms with Gasteiger partial charge in [0.1, 0.15) is 23.8 Å². The molecule has 2 aromatic carbocycles. The fourth-order valence-corrected chi connectivity index (χ4v) is 2.60. The summed E-state index contributed by atoms with van der Waals surface area (Å²) in [4.78, 5) is 12.3. The van der Waals surface area contributed by atoms with Gasteiger partial charge in [-0.15, -0.1) is 10.2 Å². The number of methoxy groups -OCH3 is 1. The molecule has 9 heteroatoms. The fraction of sp³-hybridized carbons (Fsp3) is 0.150. The molecule has 0 saturated carbocycles. The maximum absolute atomic E-state index is 12.3. The van der Waals surface area contributed by atoms with E-state index in [1.807, 2.05) is 43.3 Å². The second-order valence-corrected chi connectivity index (χ2v) is 6.00. The molecule has 0 aliphatic carbocycles. The van der Waals surface area contributed by atoms with Gasteiger partial charge in [-0.3, -0.25) is 0 Å². The molecule has 0 aliphatic rings. The average molecular weight is 390 g/mol. The summed E-state index contributed by atoms with van der Waals surface area (Å²) in [6, 6.07) is 15.0. The number of aryl methyl sites for hydroxylation is 1. The molecule has 1 aromatic heterocycles. The van der Waals surface area contributed by atoms with Crippen molar-refractivity contribution in [3.05, 3.63) is 71.2 Å². The van der Waals surface area contributed by atoms with Crippen LogP contribution in [0.4, 0.5) is 5.69 Å². The number of H-pyrrole nitrogens is 1. The Kier molecular flexibility index (Phi) is 6.17. The van der Waals surface area contributed by atoms with Gasteiger partial charge in [0.15, 0.2) is 5.75 Å². The molecule has 2 N–H and O–H groups in total. The molecule has 29 heavy (non-hydrogen) atoms. The number of tetrazole rings is 1. The maximum Gasteiger partial charge on any atom is 0.341 e. The lowest BCUT2D eigenvalue weighted by Gasteiger charge is -2.16. The number of benzene rings is 2. The second-order valence-electron chi connectivity index (χ2n) is 6.00. The zero-order valence-corrected chi connectivity index (χ0v) is 15.8. The third-order valence-corrected chi connectivity index (χ3v) is 3.94. The van der Waals surface area contributed by atoms with Gasteiger partial charge in [-0.25, -0.2) is 4.79 Å². The number of aromatic amines is 1. The lowest BCUT2D eigenvalue weighted by molar-refractivity contribution is 0.0595. The van der Waals surface area contributed by atoms with Gasteiger partial charge in [-0.2, -0.15) is 10.5 Å². The normalized spacial score (nSPS) is 10.9. The standard InChI is InChI=1S/C20H18N6O3/c1-13-8-16(20(27)28-2)18(29-12-14-6-4-3-5-7-14)17(9-13)22-11-15(10-21)19-23-25-26-24-19/h3-9,11,22H,12H2,1-2H3,(H,23,24,25,26). The number of carbonyl (C=O) groups excluding carboxylic acids is 1. The molecule has 1 heterocycles. The topological polar surface area (TPSA) is 126 Å². The first-order valence-electron chi connectivity index (χ1n) is 8.62. The number of aromatic nitrogens is 4. The first-order valence-corrected chi connectivity index (χ1v) is 8.62. The van der Waals surface area contributed by atoms with Crippen molar-refractivity contribution in [1.29, 1.82) is 5.26 Å². The largest absolute Gasteiger partial charge is 0.486 e. The number of allylic oxidation sites excluding steroid dienone is 1. The summed E-state index contributed by atoms with van der Waals surface area (Å²) < 4.78 is 10.9. The third kappa shape index (κ3) is 4.75. The molecular weight excluding hydrogens is 372 g/mol. The average Bonchev–Trinajstić information content (AvgIpc) is 3.28. The van der Waals surface area contributed by atoms with Crippen molar-refractivity contribution in [3.8, 4) is 11.8 Å². The van der Waals surface area contributed by atoms with E-state index in [-0.39, 0.29) is 23.6 Å². The Morgan fingerprint density at radius 2 is 2.10 bits per heavy atom. The zero-order valence-electron chi connectivity index (χ0n) is 15.8. The van der Waals surface area contributed by atoms with E-state index < -0.39 is 5.97 Å². The van der Waals surface area contributed by atoms with Crippen LogP contribution in [0.1, 0.15) is 27.3 Å². The molecule has 0 saturated heterocycles. The van der Waals surface area contributed by atoms with E-state index in [4.69, 9.17) is 9.47 Å². The highest BCUT2D eigenvalue weighted by Crippen LogP contribution is 2.32. The van der Waals surface area contributed by atoms with Gasteiger partial charge in [-0.05, 0) is 35.4 Å². The van der Waals surface area contributed by atoms with Gasteiger partial charge < -0.3 is 14.8 Å². The van der Waals surface area contributed by atoms with Gasteiger partial charge >= 0.3 is 5.97 Å². The van der Waals surface area contributed by atoms with Gasteiger partial charge in [-0.1, -0.05) is 30.3 Å². The van der Waals surface area contributed by atoms with Crippen molar-refractivity contribution in [3.63, 3.8) is 0 Å². The zero-order chi connectivity index (χ0) is 20.6. The lowest BCUT2D eigenvalue weighted by atomic mass is 10.1. The Morgan fingerprint density at radius 1 is 1.31 bits per heavy atom. The summed E-state index contributed by atoms with van der Waals surface area (Å²) in [6.07, 6.45) is 1.43. The molecule has 0 bridgehead atoms. The van der Waals surface area contributed by atoms with E-state index in [9.17, 15) is 10.1 Å². The van der Waals surface area contributed by atoms with Crippen molar-refractivity contribution >= 4 is 17.2 Å². The van der Waals surface area contributed by atoms with E-state index in [0.29, 0.717) is 11.4 Å². The van der Waals surface area contributed by atoms with E-state index >= 15 is 0 Å². The smallest absolute Gasteiger partial charge is 0.341 e. The quantitative estimate of drug-likeness (QED) is 0.466. The number of hydrogen-bond donors (Lipinski definition) is 2. The number of esters is 1. The summed E-state index contributed by atoms with van der Waals surface area (Å²) in [7, 11) is 1.31. The van der Waals surface area contributed by atoms with Crippen molar-refractivity contribution in [2.75, 3.05) is 12.4 Å². The number of nitrogens with zero attached hydrogens (tertiary/aromatic N) is 4. The first kappa shape index (κ1) is 19.6. The predicted octanol–water partition coefficient (Wildman–Crippen LogP) is 2.85. The van der Waals surface area contributed by atoms with Crippen LogP contribution < -0.4 is 10.1 Å². The molecule has 0 radical (unpaired) electrons. The highest BCUT2D eigenvalue weighted by molar-refractivity contribution is 5.95. The summed E-state index contributed by atoms with van der Waals surface area (Å²) >= 11 is 0. The van der Waals surface area contributed by atoms with Crippen LogP contribution in [-0.4, -0.2) is 33.7 Å². The summed E-state index contributed by atoms with van der Waals surface area (Å²) in [5, 5.41) is 25.7. The summed E-state index contributed by atoms with van der Waals surface area (Å²) in [5.74, 6) is -0.0666. The van der Waals surface area contributed by atoms with Crippen LogP contribution in [0.15, 0.2) is 48.7 Å². The SMILES string of the molecule is COC(=O)c1cc(C)cc(NC=C(C#N)c2nn[nH]n2)c1OCc1ccccc1. The monoisotopic (exact) mass is 390 g/mol. The molecule has 0 aliphatic heterocycles. The van der Waals surface area contributed by atoms with Gasteiger partial charge in [0, 0.05) is 6.20 Å². The molecule has 0 amide bonds. The van der Waals surface area contributed by atoms with Crippen LogP contribution in [-0.2, 0) is 11.3 Å². The first-order chi connectivity index (χ1) is 14.1. The number of nitrogens with one attached hydrogen (secondary N) is 2. The van der Waals surface area contributed by atoms with Crippen LogP contribution in [0.3, 0.4) is 0 Å². The minimum atomic E-state index is -0.525. The van der Waals surface area contributed by atoms with E-state index in [2.05, 4.69) is 25.9 Å². The van der Waals surface area contributed by atoms with Crippen LogP contribution >= 0.6 is 0 Å². The number of nitriles is 1. The Balaban J connectivity index is 1.97. The summed E-state index contributed by atoms with van der Waals surface area (Å²) in [5.41, 5.74) is 2.69. The van der Waals surface area contributed by atoms with Gasteiger partial charge in [0.25, 0.3) is 0 Å². The summed E-state index contributed by atoms with van der Waals surface area (Å²) in [6.45, 7) is 2.09. The molecule has 3 aromatic rings. The second kappa shape index (κ2) is 9.14. The Bertz CT molecular complexity index is 1060. The number of carbonyl (C=O) groups is 1. The number of ether oxygens (including phenoxy) is 2. The van der Waals surface area contributed by atoms with Crippen LogP contribution in [0.5, 0.6) is 5.75 Å². The van der Waals surface area contributed by atoms with Crippen molar-refractivity contribution in [2.45, 2.75) is 13.5 Å². The van der Waals surface area contributed by atoms with E-state index in [1.54, 1.807) is 12.1 Å². The number of rotatable bonds is 7.